The molecular weight excluding hydrogens is 294 g/mol. The molecule has 0 bridgehead atoms. The number of hydrogen-bond acceptors (Lipinski definition) is 4. The van der Waals surface area contributed by atoms with Gasteiger partial charge in [0.15, 0.2) is 0 Å². The molecule has 6 heteroatoms. The largest absolute Gasteiger partial charge is 0.398 e. The van der Waals surface area contributed by atoms with E-state index in [1.54, 1.807) is 18.3 Å². The van der Waals surface area contributed by atoms with Crippen LogP contribution in [0.3, 0.4) is 0 Å². The lowest BCUT2D eigenvalue weighted by Crippen LogP contribution is -2.36. The smallest absolute Gasteiger partial charge is 0.259 e. The zero-order valence-electron chi connectivity index (χ0n) is 13.6. The van der Waals surface area contributed by atoms with Crippen LogP contribution in [0.2, 0.25) is 0 Å². The fourth-order valence-corrected chi connectivity index (χ4v) is 2.74. The lowest BCUT2D eigenvalue weighted by atomic mass is 10.1. The molecular formula is C17H23N3O3. The number of carbonyl (C=O) groups is 1. The van der Waals surface area contributed by atoms with E-state index >= 15 is 0 Å². The third-order valence-electron chi connectivity index (χ3n) is 3.87. The third-order valence-corrected chi connectivity index (χ3v) is 3.87. The quantitative estimate of drug-likeness (QED) is 0.789. The summed E-state index contributed by atoms with van der Waals surface area (Å²) < 4.78 is 1.90. The van der Waals surface area contributed by atoms with E-state index in [0.717, 1.165) is 11.9 Å². The van der Waals surface area contributed by atoms with E-state index in [0.29, 0.717) is 24.2 Å². The van der Waals surface area contributed by atoms with E-state index in [1.165, 1.54) is 4.90 Å². The predicted molar refractivity (Wildman–Crippen MR) is 91.6 cm³/mol. The molecule has 0 atom stereocenters. The first kappa shape index (κ1) is 17.0. The number of carbonyl (C=O) groups excluding carboxylic acids is 1. The Morgan fingerprint density at radius 2 is 2.09 bits per heavy atom. The Morgan fingerprint density at radius 1 is 1.35 bits per heavy atom. The molecule has 0 aliphatic carbocycles. The average Bonchev–Trinajstić information content (AvgIpc) is 2.54. The van der Waals surface area contributed by atoms with Gasteiger partial charge in [0.05, 0.1) is 17.5 Å². The number of anilines is 1. The molecule has 0 saturated heterocycles. The summed E-state index contributed by atoms with van der Waals surface area (Å²) in [6.07, 6.45) is 2.48. The lowest BCUT2D eigenvalue weighted by molar-refractivity contribution is 0.0730. The minimum Gasteiger partial charge on any atom is -0.398 e. The SMILES string of the molecule is CCCn1cc(C(=O)N(CC)CCO)c(=O)c2c(N)cccc21. The van der Waals surface area contributed by atoms with Gasteiger partial charge < -0.3 is 20.3 Å². The van der Waals surface area contributed by atoms with Gasteiger partial charge in [-0.25, -0.2) is 0 Å². The van der Waals surface area contributed by atoms with E-state index in [9.17, 15) is 9.59 Å². The van der Waals surface area contributed by atoms with Crippen LogP contribution in [0.1, 0.15) is 30.6 Å². The number of hydrogen-bond donors (Lipinski definition) is 2. The van der Waals surface area contributed by atoms with Crippen LogP contribution in [0.4, 0.5) is 5.69 Å². The molecule has 2 aromatic rings. The maximum atomic E-state index is 12.8. The summed E-state index contributed by atoms with van der Waals surface area (Å²) in [6, 6.07) is 5.30. The Balaban J connectivity index is 2.69. The van der Waals surface area contributed by atoms with Crippen LogP contribution in [0.25, 0.3) is 10.9 Å². The van der Waals surface area contributed by atoms with Gasteiger partial charge in [-0.15, -0.1) is 0 Å². The van der Waals surface area contributed by atoms with Gasteiger partial charge in [0.25, 0.3) is 5.91 Å². The first-order valence-corrected chi connectivity index (χ1v) is 7.86. The van der Waals surface area contributed by atoms with Crippen molar-refractivity contribution in [2.45, 2.75) is 26.8 Å². The van der Waals surface area contributed by atoms with Crippen LogP contribution in [-0.2, 0) is 6.54 Å². The highest BCUT2D eigenvalue weighted by Gasteiger charge is 2.20. The number of nitrogens with two attached hydrogens (primary N) is 1. The molecule has 0 saturated carbocycles. The summed E-state index contributed by atoms with van der Waals surface area (Å²) in [7, 11) is 0. The maximum Gasteiger partial charge on any atom is 0.259 e. The molecule has 0 fully saturated rings. The van der Waals surface area contributed by atoms with Crippen LogP contribution < -0.4 is 11.2 Å². The van der Waals surface area contributed by atoms with Crippen molar-refractivity contribution in [3.05, 3.63) is 40.2 Å². The number of pyridine rings is 1. The number of fused-ring (bicyclic) bond motifs is 1. The first-order chi connectivity index (χ1) is 11.0. The van der Waals surface area contributed by atoms with Crippen molar-refractivity contribution >= 4 is 22.5 Å². The van der Waals surface area contributed by atoms with Crippen molar-refractivity contribution in [3.63, 3.8) is 0 Å². The molecule has 3 N–H and O–H groups in total. The van der Waals surface area contributed by atoms with E-state index in [-0.39, 0.29) is 30.1 Å². The van der Waals surface area contributed by atoms with Gasteiger partial charge in [0.1, 0.15) is 5.56 Å². The molecule has 6 nitrogen and oxygen atoms in total. The minimum atomic E-state index is -0.374. The van der Waals surface area contributed by atoms with Crippen LogP contribution in [0.15, 0.2) is 29.2 Å². The molecule has 0 aliphatic heterocycles. The van der Waals surface area contributed by atoms with Crippen molar-refractivity contribution in [2.24, 2.45) is 0 Å². The second-order valence-corrected chi connectivity index (χ2v) is 5.42. The Bertz CT molecular complexity index is 768. The third kappa shape index (κ3) is 3.22. The average molecular weight is 317 g/mol. The predicted octanol–water partition coefficient (Wildman–Crippen LogP) is 1.45. The van der Waals surface area contributed by atoms with Gasteiger partial charge in [0.2, 0.25) is 5.43 Å². The number of aromatic nitrogens is 1. The molecule has 1 heterocycles. The summed E-state index contributed by atoms with van der Waals surface area (Å²) in [5.41, 5.74) is 6.83. The van der Waals surface area contributed by atoms with Crippen LogP contribution in [0, 0.1) is 0 Å². The number of aliphatic hydroxyl groups is 1. The second kappa shape index (κ2) is 7.28. The Kier molecular flexibility index (Phi) is 5.39. The molecule has 23 heavy (non-hydrogen) atoms. The van der Waals surface area contributed by atoms with Gasteiger partial charge in [0, 0.05) is 31.5 Å². The number of aliphatic hydroxyl groups excluding tert-OH is 1. The fourth-order valence-electron chi connectivity index (χ4n) is 2.74. The molecule has 124 valence electrons. The van der Waals surface area contributed by atoms with E-state index < -0.39 is 0 Å². The number of rotatable bonds is 6. The molecule has 0 aliphatic rings. The van der Waals surface area contributed by atoms with E-state index in [4.69, 9.17) is 10.8 Å². The number of nitrogens with zero attached hydrogens (tertiary/aromatic N) is 2. The number of benzene rings is 1. The van der Waals surface area contributed by atoms with Crippen molar-refractivity contribution < 1.29 is 9.90 Å². The van der Waals surface area contributed by atoms with Gasteiger partial charge in [-0.1, -0.05) is 13.0 Å². The molecule has 0 unspecified atom stereocenters. The summed E-state index contributed by atoms with van der Waals surface area (Å²) in [5, 5.41) is 9.47. The summed E-state index contributed by atoms with van der Waals surface area (Å²) in [6.45, 7) is 5.01. The van der Waals surface area contributed by atoms with E-state index in [2.05, 4.69) is 0 Å². The maximum absolute atomic E-state index is 12.8. The highest BCUT2D eigenvalue weighted by atomic mass is 16.3. The zero-order valence-corrected chi connectivity index (χ0v) is 13.6. The lowest BCUT2D eigenvalue weighted by Gasteiger charge is -2.21. The molecule has 0 spiro atoms. The van der Waals surface area contributed by atoms with Crippen molar-refractivity contribution in [1.82, 2.24) is 9.47 Å². The summed E-state index contributed by atoms with van der Waals surface area (Å²) in [4.78, 5) is 26.9. The molecule has 1 aromatic carbocycles. The van der Waals surface area contributed by atoms with Crippen LogP contribution in [-0.4, -0.2) is 40.2 Å². The number of amides is 1. The molecule has 0 radical (unpaired) electrons. The van der Waals surface area contributed by atoms with Crippen molar-refractivity contribution in [2.75, 3.05) is 25.4 Å². The molecule has 1 aromatic heterocycles. The normalized spacial score (nSPS) is 10.9. The summed E-state index contributed by atoms with van der Waals surface area (Å²) >= 11 is 0. The minimum absolute atomic E-state index is 0.0964. The first-order valence-electron chi connectivity index (χ1n) is 7.86. The number of nitrogen functional groups attached to an aromatic ring is 1. The number of aryl methyl sites for hydroxylation is 1. The highest BCUT2D eigenvalue weighted by Crippen LogP contribution is 2.19. The van der Waals surface area contributed by atoms with Gasteiger partial charge in [-0.3, -0.25) is 9.59 Å². The number of likely N-dealkylation sites (N-methyl/N-ethyl adjacent to an activating group) is 1. The Morgan fingerprint density at radius 3 is 2.70 bits per heavy atom. The standard InChI is InChI=1S/C17H23N3O3/c1-3-8-20-11-12(17(23)19(4-2)9-10-21)16(22)15-13(18)6-5-7-14(15)20/h5-7,11,21H,3-4,8-10,18H2,1-2H3. The summed E-state index contributed by atoms with van der Waals surface area (Å²) in [5.74, 6) is -0.374. The zero-order chi connectivity index (χ0) is 17.0. The van der Waals surface area contributed by atoms with Gasteiger partial charge >= 0.3 is 0 Å². The van der Waals surface area contributed by atoms with Crippen molar-refractivity contribution in [3.8, 4) is 0 Å². The Labute approximate surface area is 135 Å². The van der Waals surface area contributed by atoms with Crippen LogP contribution >= 0.6 is 0 Å². The second-order valence-electron chi connectivity index (χ2n) is 5.42. The van der Waals surface area contributed by atoms with E-state index in [1.807, 2.05) is 24.5 Å². The highest BCUT2D eigenvalue weighted by molar-refractivity contribution is 6.00. The van der Waals surface area contributed by atoms with Crippen molar-refractivity contribution in [1.29, 1.82) is 0 Å². The monoisotopic (exact) mass is 317 g/mol. The fraction of sp³-hybridized carbons (Fsp3) is 0.412. The molecule has 2 rings (SSSR count). The van der Waals surface area contributed by atoms with Gasteiger partial charge in [-0.05, 0) is 25.5 Å². The van der Waals surface area contributed by atoms with Crippen LogP contribution in [0.5, 0.6) is 0 Å². The Hall–Kier alpha value is -2.34. The molecule has 1 amide bonds. The topological polar surface area (TPSA) is 88.6 Å². The van der Waals surface area contributed by atoms with Gasteiger partial charge in [-0.2, -0.15) is 0 Å².